The van der Waals surface area contributed by atoms with Crippen LogP contribution in [0.5, 0.6) is 0 Å². The molecule has 0 aliphatic rings. The van der Waals surface area contributed by atoms with Gasteiger partial charge >= 0.3 is 0 Å². The second kappa shape index (κ2) is 7.93. The molecule has 0 spiro atoms. The molecule has 0 radical (unpaired) electrons. The van der Waals surface area contributed by atoms with Crippen molar-refractivity contribution in [3.63, 3.8) is 0 Å². The van der Waals surface area contributed by atoms with Crippen LogP contribution < -0.4 is 0 Å². The Balaban J connectivity index is 1.98. The minimum absolute atomic E-state index is 0.135. The molecule has 0 heterocycles. The van der Waals surface area contributed by atoms with Crippen molar-refractivity contribution in [3.05, 3.63) is 35.9 Å². The molecule has 0 amide bonds. The van der Waals surface area contributed by atoms with Crippen LogP contribution in [-0.2, 0) is 6.42 Å². The van der Waals surface area contributed by atoms with Crippen molar-refractivity contribution in [1.29, 1.82) is 5.26 Å². The van der Waals surface area contributed by atoms with Gasteiger partial charge in [-0.1, -0.05) is 56.0 Å². The molecular formula is C17H25N. The molecule has 0 N–H and O–H groups in total. The van der Waals surface area contributed by atoms with Crippen LogP contribution in [0.4, 0.5) is 0 Å². The molecule has 1 heteroatoms. The van der Waals surface area contributed by atoms with Crippen LogP contribution in [0.2, 0.25) is 0 Å². The Bertz CT molecular complexity index is 359. The Morgan fingerprint density at radius 3 is 2.22 bits per heavy atom. The number of unbranched alkanes of at least 4 members (excludes halogenated alkanes) is 4. The Morgan fingerprint density at radius 2 is 1.56 bits per heavy atom. The van der Waals surface area contributed by atoms with Crippen LogP contribution in [-0.4, -0.2) is 0 Å². The zero-order valence-corrected chi connectivity index (χ0v) is 11.8. The third-order valence-corrected chi connectivity index (χ3v) is 3.41. The van der Waals surface area contributed by atoms with Gasteiger partial charge in [0.05, 0.1) is 11.5 Å². The fraction of sp³-hybridized carbons (Fsp3) is 0.588. The smallest absolute Gasteiger partial charge is 0.0683 e. The highest BCUT2D eigenvalue weighted by Crippen LogP contribution is 2.22. The van der Waals surface area contributed by atoms with E-state index in [0.717, 1.165) is 6.42 Å². The molecule has 0 bridgehead atoms. The summed E-state index contributed by atoms with van der Waals surface area (Å²) in [6.07, 6.45) is 8.57. The molecule has 0 atom stereocenters. The Labute approximate surface area is 112 Å². The molecule has 1 nitrogen and oxygen atoms in total. The van der Waals surface area contributed by atoms with Gasteiger partial charge in [-0.15, -0.1) is 0 Å². The second-order valence-electron chi connectivity index (χ2n) is 5.75. The maximum absolute atomic E-state index is 8.91. The van der Waals surface area contributed by atoms with Crippen LogP contribution >= 0.6 is 0 Å². The molecule has 0 aromatic heterocycles. The predicted octanol–water partition coefficient (Wildman–Crippen LogP) is 5.12. The standard InChI is InChI=1S/C17H25N/c1-17(2,15-18)14-10-5-3-4-7-11-16-12-8-6-9-13-16/h6,8-9,12-13H,3-5,7,10-11,14H2,1-2H3. The third-order valence-electron chi connectivity index (χ3n) is 3.41. The number of nitriles is 1. The summed E-state index contributed by atoms with van der Waals surface area (Å²) in [4.78, 5) is 0. The molecule has 1 aromatic rings. The maximum atomic E-state index is 8.91. The molecule has 0 aliphatic carbocycles. The van der Waals surface area contributed by atoms with Gasteiger partial charge in [-0.2, -0.15) is 5.26 Å². The van der Waals surface area contributed by atoms with E-state index in [1.165, 1.54) is 44.1 Å². The minimum Gasteiger partial charge on any atom is -0.198 e. The largest absolute Gasteiger partial charge is 0.198 e. The van der Waals surface area contributed by atoms with Crippen LogP contribution in [0.3, 0.4) is 0 Å². The topological polar surface area (TPSA) is 23.8 Å². The van der Waals surface area contributed by atoms with E-state index in [0.29, 0.717) is 0 Å². The lowest BCUT2D eigenvalue weighted by atomic mass is 9.88. The van der Waals surface area contributed by atoms with E-state index in [9.17, 15) is 0 Å². The van der Waals surface area contributed by atoms with Crippen LogP contribution in [0.1, 0.15) is 57.9 Å². The highest BCUT2D eigenvalue weighted by molar-refractivity contribution is 5.14. The highest BCUT2D eigenvalue weighted by atomic mass is 14.3. The Hall–Kier alpha value is -1.29. The number of hydrogen-bond acceptors (Lipinski definition) is 1. The summed E-state index contributed by atoms with van der Waals surface area (Å²) in [6.45, 7) is 4.06. The lowest BCUT2D eigenvalue weighted by Gasteiger charge is -2.14. The zero-order chi connectivity index (χ0) is 13.3. The summed E-state index contributed by atoms with van der Waals surface area (Å²) in [5, 5.41) is 8.91. The van der Waals surface area contributed by atoms with E-state index in [-0.39, 0.29) is 5.41 Å². The molecule has 0 unspecified atom stereocenters. The van der Waals surface area contributed by atoms with Crippen molar-refractivity contribution in [2.24, 2.45) is 5.41 Å². The van der Waals surface area contributed by atoms with Crippen LogP contribution in [0, 0.1) is 16.7 Å². The van der Waals surface area contributed by atoms with Crippen molar-refractivity contribution in [2.75, 3.05) is 0 Å². The number of benzene rings is 1. The van der Waals surface area contributed by atoms with Crippen molar-refractivity contribution in [1.82, 2.24) is 0 Å². The molecule has 0 saturated carbocycles. The van der Waals surface area contributed by atoms with Crippen molar-refractivity contribution in [3.8, 4) is 6.07 Å². The van der Waals surface area contributed by atoms with E-state index < -0.39 is 0 Å². The van der Waals surface area contributed by atoms with Gasteiger partial charge in [-0.3, -0.25) is 0 Å². The van der Waals surface area contributed by atoms with Gasteiger partial charge in [0.25, 0.3) is 0 Å². The van der Waals surface area contributed by atoms with Gasteiger partial charge in [0, 0.05) is 0 Å². The average Bonchev–Trinajstić information content (AvgIpc) is 2.39. The molecule has 0 fully saturated rings. The number of aryl methyl sites for hydroxylation is 1. The molecule has 1 rings (SSSR count). The van der Waals surface area contributed by atoms with Gasteiger partial charge in [-0.25, -0.2) is 0 Å². The van der Waals surface area contributed by atoms with E-state index >= 15 is 0 Å². The first-order valence-electron chi connectivity index (χ1n) is 7.09. The van der Waals surface area contributed by atoms with Gasteiger partial charge in [0.2, 0.25) is 0 Å². The number of nitrogens with zero attached hydrogens (tertiary/aromatic N) is 1. The highest BCUT2D eigenvalue weighted by Gasteiger charge is 2.14. The van der Waals surface area contributed by atoms with Crippen LogP contribution in [0.15, 0.2) is 30.3 Å². The van der Waals surface area contributed by atoms with Crippen molar-refractivity contribution < 1.29 is 0 Å². The summed E-state index contributed by atoms with van der Waals surface area (Å²) in [6, 6.07) is 13.1. The van der Waals surface area contributed by atoms with E-state index in [1.54, 1.807) is 0 Å². The van der Waals surface area contributed by atoms with Crippen molar-refractivity contribution >= 4 is 0 Å². The summed E-state index contributed by atoms with van der Waals surface area (Å²) in [5.74, 6) is 0. The summed E-state index contributed by atoms with van der Waals surface area (Å²) in [5.41, 5.74) is 1.31. The quantitative estimate of drug-likeness (QED) is 0.581. The monoisotopic (exact) mass is 243 g/mol. The molecule has 98 valence electrons. The maximum Gasteiger partial charge on any atom is 0.0683 e. The molecule has 1 aromatic carbocycles. The van der Waals surface area contributed by atoms with E-state index in [2.05, 4.69) is 36.4 Å². The normalized spacial score (nSPS) is 11.2. The second-order valence-corrected chi connectivity index (χ2v) is 5.75. The SMILES string of the molecule is CC(C)(C#N)CCCCCCCc1ccccc1. The lowest BCUT2D eigenvalue weighted by molar-refractivity contribution is 0.419. The first-order chi connectivity index (χ1) is 8.64. The van der Waals surface area contributed by atoms with E-state index in [1.807, 2.05) is 13.8 Å². The molecule has 18 heavy (non-hydrogen) atoms. The molecule has 0 aliphatic heterocycles. The average molecular weight is 243 g/mol. The van der Waals surface area contributed by atoms with Gasteiger partial charge in [-0.05, 0) is 38.7 Å². The van der Waals surface area contributed by atoms with Gasteiger partial charge in [0.15, 0.2) is 0 Å². The molecular weight excluding hydrogens is 218 g/mol. The summed E-state index contributed by atoms with van der Waals surface area (Å²) in [7, 11) is 0. The van der Waals surface area contributed by atoms with Crippen molar-refractivity contribution in [2.45, 2.75) is 58.8 Å². The Kier molecular flexibility index (Phi) is 6.50. The Morgan fingerprint density at radius 1 is 0.944 bits per heavy atom. The lowest BCUT2D eigenvalue weighted by Crippen LogP contribution is -2.06. The first-order valence-corrected chi connectivity index (χ1v) is 7.09. The minimum atomic E-state index is -0.135. The molecule has 0 saturated heterocycles. The van der Waals surface area contributed by atoms with Crippen LogP contribution in [0.25, 0.3) is 0 Å². The summed E-state index contributed by atoms with van der Waals surface area (Å²) >= 11 is 0. The zero-order valence-electron chi connectivity index (χ0n) is 11.8. The fourth-order valence-electron chi connectivity index (χ4n) is 2.13. The third kappa shape index (κ3) is 6.45. The summed E-state index contributed by atoms with van der Waals surface area (Å²) < 4.78 is 0. The van der Waals surface area contributed by atoms with E-state index in [4.69, 9.17) is 5.26 Å². The number of rotatable bonds is 8. The predicted molar refractivity (Wildman–Crippen MR) is 77.2 cm³/mol. The number of hydrogen-bond donors (Lipinski definition) is 0. The van der Waals surface area contributed by atoms with Gasteiger partial charge in [0.1, 0.15) is 0 Å². The fourth-order valence-corrected chi connectivity index (χ4v) is 2.13. The first kappa shape index (κ1) is 14.8. The van der Waals surface area contributed by atoms with Gasteiger partial charge < -0.3 is 0 Å².